The minimum absolute atomic E-state index is 0.0345. The normalized spacial score (nSPS) is 16.9. The number of aromatic nitrogens is 3. The number of morpholine rings is 1. The van der Waals surface area contributed by atoms with Gasteiger partial charge in [0.15, 0.2) is 0 Å². The maximum atomic E-state index is 14.1. The molecule has 7 rings (SSSR count). The van der Waals surface area contributed by atoms with E-state index in [2.05, 4.69) is 35.3 Å². The van der Waals surface area contributed by atoms with Crippen molar-refractivity contribution in [2.24, 2.45) is 0 Å². The fourth-order valence-corrected chi connectivity index (χ4v) is 8.30. The van der Waals surface area contributed by atoms with Crippen molar-refractivity contribution in [1.29, 1.82) is 0 Å². The molecule has 0 unspecified atom stereocenters. The molecule has 270 valence electrons. The molecule has 0 bridgehead atoms. The van der Waals surface area contributed by atoms with Gasteiger partial charge in [-0.1, -0.05) is 25.3 Å². The molecule has 4 heterocycles. The van der Waals surface area contributed by atoms with Crippen LogP contribution >= 0.6 is 0 Å². The molecule has 0 spiro atoms. The van der Waals surface area contributed by atoms with Crippen molar-refractivity contribution >= 4 is 44.6 Å². The topological polar surface area (TPSA) is 128 Å². The first-order chi connectivity index (χ1) is 24.5. The number of carbonyl (C=O) groups is 2. The second-order valence-corrected chi connectivity index (χ2v) is 16.0. The first kappa shape index (κ1) is 35.0. The number of ether oxygens (including phenoxy) is 2. The van der Waals surface area contributed by atoms with Crippen molar-refractivity contribution in [1.82, 2.24) is 28.3 Å². The Labute approximate surface area is 299 Å². The highest BCUT2D eigenvalue weighted by Gasteiger charge is 2.33. The number of amides is 2. The largest absolute Gasteiger partial charge is 0.497 e. The Bertz CT molecular complexity index is 2130. The highest BCUT2D eigenvalue weighted by atomic mass is 32.2. The van der Waals surface area contributed by atoms with E-state index in [9.17, 15) is 18.0 Å². The summed E-state index contributed by atoms with van der Waals surface area (Å²) < 4.78 is 43.9. The van der Waals surface area contributed by atoms with E-state index in [0.29, 0.717) is 44.3 Å². The van der Waals surface area contributed by atoms with Gasteiger partial charge in [0.1, 0.15) is 5.75 Å². The van der Waals surface area contributed by atoms with Crippen molar-refractivity contribution in [3.05, 3.63) is 70.5 Å². The van der Waals surface area contributed by atoms with Gasteiger partial charge >= 0.3 is 10.2 Å². The van der Waals surface area contributed by atoms with Gasteiger partial charge in [-0.25, -0.2) is 4.72 Å². The van der Waals surface area contributed by atoms with E-state index in [-0.39, 0.29) is 17.5 Å². The van der Waals surface area contributed by atoms with Gasteiger partial charge in [0.2, 0.25) is 0 Å². The number of carbonyl (C=O) groups excluding carboxylic acids is 2. The predicted molar refractivity (Wildman–Crippen MR) is 197 cm³/mol. The van der Waals surface area contributed by atoms with Crippen LogP contribution in [0.25, 0.3) is 33.8 Å². The number of allylic oxidation sites excluding steroid dienone is 1. The molecule has 1 saturated heterocycles. The second kappa shape index (κ2) is 13.9. The molecule has 2 amide bonds. The van der Waals surface area contributed by atoms with Gasteiger partial charge in [-0.3, -0.25) is 14.3 Å². The molecule has 3 aliphatic rings. The SMILES string of the molecule is COc1ccc2c(c1)C=C(c1c(C(=O)N3CCOCC3)cnn1C(C)C)Cn1c-2c(C2CCCCC2)c2ccc(C(=O)NS(=O)(=O)N(C)C)cc21. The van der Waals surface area contributed by atoms with Crippen LogP contribution in [-0.2, 0) is 21.5 Å². The van der Waals surface area contributed by atoms with E-state index in [0.717, 1.165) is 74.7 Å². The molecule has 51 heavy (non-hydrogen) atoms. The fraction of sp³-hybridized carbons (Fsp3) is 0.447. The number of hydrogen-bond acceptors (Lipinski definition) is 7. The van der Waals surface area contributed by atoms with E-state index in [1.165, 1.54) is 26.1 Å². The Balaban J connectivity index is 1.47. The summed E-state index contributed by atoms with van der Waals surface area (Å²) in [5.74, 6) is 0.238. The van der Waals surface area contributed by atoms with Crippen LogP contribution in [0.5, 0.6) is 5.75 Å². The summed E-state index contributed by atoms with van der Waals surface area (Å²) in [5.41, 5.74) is 7.52. The zero-order valence-electron chi connectivity index (χ0n) is 29.9. The summed E-state index contributed by atoms with van der Waals surface area (Å²) in [5, 5.41) is 5.79. The van der Waals surface area contributed by atoms with Gasteiger partial charge in [-0.2, -0.15) is 17.8 Å². The Morgan fingerprint density at radius 2 is 1.76 bits per heavy atom. The van der Waals surface area contributed by atoms with Crippen LogP contribution in [0.1, 0.15) is 95.4 Å². The lowest BCUT2D eigenvalue weighted by Gasteiger charge is -2.27. The van der Waals surface area contributed by atoms with Crippen molar-refractivity contribution < 1.29 is 27.5 Å². The Morgan fingerprint density at radius 3 is 2.45 bits per heavy atom. The fourth-order valence-electron chi connectivity index (χ4n) is 7.76. The van der Waals surface area contributed by atoms with Crippen LogP contribution < -0.4 is 9.46 Å². The first-order valence-electron chi connectivity index (χ1n) is 17.7. The monoisotopic (exact) mass is 714 g/mol. The summed E-state index contributed by atoms with van der Waals surface area (Å²) in [4.78, 5) is 29.4. The van der Waals surface area contributed by atoms with Crippen LogP contribution in [0.3, 0.4) is 0 Å². The van der Waals surface area contributed by atoms with E-state index < -0.39 is 16.1 Å². The van der Waals surface area contributed by atoms with Crippen molar-refractivity contribution in [2.75, 3.05) is 47.5 Å². The Morgan fingerprint density at radius 1 is 1.02 bits per heavy atom. The molecule has 2 fully saturated rings. The number of benzene rings is 2. The lowest BCUT2D eigenvalue weighted by atomic mass is 9.81. The molecule has 0 atom stereocenters. The van der Waals surface area contributed by atoms with E-state index in [1.807, 2.05) is 27.8 Å². The lowest BCUT2D eigenvalue weighted by Crippen LogP contribution is -2.41. The highest BCUT2D eigenvalue weighted by Crippen LogP contribution is 2.48. The van der Waals surface area contributed by atoms with Crippen molar-refractivity contribution in [2.45, 2.75) is 64.5 Å². The molecule has 2 aromatic heterocycles. The first-order valence-corrected chi connectivity index (χ1v) is 19.2. The summed E-state index contributed by atoms with van der Waals surface area (Å²) in [7, 11) is 0.409. The molecule has 1 aliphatic carbocycles. The standard InChI is InChI=1S/C38H46N6O6S/c1-24(2)44-35(32(22-39-44)38(46)42-15-17-50-18-16-42)28-19-27-20-29(49-5)12-14-30(27)36-34(25-9-7-6-8-10-25)31-13-11-26(21-33(31)43(36)23-28)37(45)40-51(47,48)41(3)4/h11-14,19-22,24-25H,6-10,15-18,23H2,1-5H3,(H,40,45). The van der Waals surface area contributed by atoms with Crippen LogP contribution in [0.2, 0.25) is 0 Å². The van der Waals surface area contributed by atoms with E-state index in [1.54, 1.807) is 25.4 Å². The maximum absolute atomic E-state index is 14.1. The average molecular weight is 715 g/mol. The molecule has 0 radical (unpaired) electrons. The predicted octanol–water partition coefficient (Wildman–Crippen LogP) is 5.70. The molecular formula is C38H46N6O6S. The summed E-state index contributed by atoms with van der Waals surface area (Å²) >= 11 is 0. The van der Waals surface area contributed by atoms with Gasteiger partial charge in [-0.05, 0) is 85.7 Å². The number of methoxy groups -OCH3 is 1. The van der Waals surface area contributed by atoms with Crippen LogP contribution in [0, 0.1) is 0 Å². The summed E-state index contributed by atoms with van der Waals surface area (Å²) in [6, 6.07) is 11.6. The van der Waals surface area contributed by atoms with Gasteiger partial charge in [0, 0.05) is 55.3 Å². The van der Waals surface area contributed by atoms with Gasteiger partial charge < -0.3 is 18.9 Å². The summed E-state index contributed by atoms with van der Waals surface area (Å²) in [6.45, 7) is 6.49. The molecule has 2 aliphatic heterocycles. The molecule has 2 aromatic carbocycles. The molecule has 4 aromatic rings. The number of hydrogen-bond donors (Lipinski definition) is 1. The molecule has 1 saturated carbocycles. The van der Waals surface area contributed by atoms with E-state index in [4.69, 9.17) is 14.6 Å². The maximum Gasteiger partial charge on any atom is 0.303 e. The van der Waals surface area contributed by atoms with Gasteiger partial charge in [0.25, 0.3) is 11.8 Å². The zero-order valence-corrected chi connectivity index (χ0v) is 30.8. The average Bonchev–Trinajstić information content (AvgIpc) is 3.66. The Kier molecular flexibility index (Phi) is 9.55. The minimum atomic E-state index is -4.00. The van der Waals surface area contributed by atoms with Crippen molar-refractivity contribution in [3.63, 3.8) is 0 Å². The third-order valence-electron chi connectivity index (χ3n) is 10.4. The molecule has 1 N–H and O–H groups in total. The smallest absolute Gasteiger partial charge is 0.303 e. The van der Waals surface area contributed by atoms with Crippen LogP contribution in [0.15, 0.2) is 42.6 Å². The number of rotatable bonds is 8. The van der Waals surface area contributed by atoms with Crippen molar-refractivity contribution in [3.8, 4) is 17.0 Å². The van der Waals surface area contributed by atoms with Crippen LogP contribution in [-0.4, -0.2) is 91.3 Å². The highest BCUT2D eigenvalue weighted by molar-refractivity contribution is 7.87. The third-order valence-corrected chi connectivity index (χ3v) is 11.8. The number of nitrogens with zero attached hydrogens (tertiary/aromatic N) is 5. The molecule has 12 nitrogen and oxygen atoms in total. The lowest BCUT2D eigenvalue weighted by molar-refractivity contribution is 0.0302. The minimum Gasteiger partial charge on any atom is -0.497 e. The molecular weight excluding hydrogens is 669 g/mol. The summed E-state index contributed by atoms with van der Waals surface area (Å²) in [6.07, 6.45) is 9.42. The molecule has 13 heteroatoms. The Hall–Kier alpha value is -4.46. The second-order valence-electron chi connectivity index (χ2n) is 14.1. The van der Waals surface area contributed by atoms with E-state index >= 15 is 0 Å². The van der Waals surface area contributed by atoms with Gasteiger partial charge in [0.05, 0.1) is 50.0 Å². The zero-order chi connectivity index (χ0) is 36.0. The third kappa shape index (κ3) is 6.47. The number of fused-ring (bicyclic) bond motifs is 5. The van der Waals surface area contributed by atoms with Crippen LogP contribution in [0.4, 0.5) is 0 Å². The quantitative estimate of drug-likeness (QED) is 0.248. The number of nitrogens with one attached hydrogen (secondary N) is 1. The van der Waals surface area contributed by atoms with Gasteiger partial charge in [-0.15, -0.1) is 0 Å².